The number of hydrogen-bond acceptors (Lipinski definition) is 6. The summed E-state index contributed by atoms with van der Waals surface area (Å²) in [6.45, 7) is 2.84. The van der Waals surface area contributed by atoms with Gasteiger partial charge in [-0.3, -0.25) is 10.1 Å². The predicted octanol–water partition coefficient (Wildman–Crippen LogP) is 1.04. The molecule has 1 aliphatic rings. The Morgan fingerprint density at radius 1 is 1.62 bits per heavy atom. The van der Waals surface area contributed by atoms with E-state index < -0.39 is 16.6 Å². The lowest BCUT2D eigenvalue weighted by atomic mass is 10.1. The molecule has 0 amide bonds. The van der Waals surface area contributed by atoms with E-state index in [0.717, 1.165) is 13.1 Å². The molecule has 1 aromatic carbocycles. The minimum absolute atomic E-state index is 0.00669. The van der Waals surface area contributed by atoms with E-state index in [9.17, 15) is 14.9 Å². The zero-order valence-corrected chi connectivity index (χ0v) is 11.6. The second-order valence-corrected chi connectivity index (χ2v) is 4.93. The molecule has 114 valence electrons. The topological polar surface area (TPSA) is 105 Å². The molecule has 1 aromatic rings. The van der Waals surface area contributed by atoms with Crippen molar-refractivity contribution in [2.75, 3.05) is 38.6 Å². The van der Waals surface area contributed by atoms with Gasteiger partial charge in [0.2, 0.25) is 0 Å². The summed E-state index contributed by atoms with van der Waals surface area (Å²) in [6.07, 6.45) is 0.00669. The van der Waals surface area contributed by atoms with Gasteiger partial charge in [-0.15, -0.1) is 0 Å². The number of anilines is 1. The minimum Gasteiger partial charge on any atom is -0.477 e. The van der Waals surface area contributed by atoms with Crippen LogP contribution in [-0.2, 0) is 4.74 Å². The summed E-state index contributed by atoms with van der Waals surface area (Å²) >= 11 is 0. The van der Waals surface area contributed by atoms with E-state index in [1.165, 1.54) is 18.2 Å². The average molecular weight is 295 g/mol. The maximum atomic E-state index is 11.1. The summed E-state index contributed by atoms with van der Waals surface area (Å²) in [5, 5.41) is 22.9. The fourth-order valence-electron chi connectivity index (χ4n) is 2.20. The summed E-state index contributed by atoms with van der Waals surface area (Å²) in [5.74, 6) is -1.32. The smallest absolute Gasteiger partial charge is 0.342 e. The largest absolute Gasteiger partial charge is 0.477 e. The molecular formula is C13H17N3O5. The van der Waals surface area contributed by atoms with Crippen molar-refractivity contribution in [3.63, 3.8) is 0 Å². The first-order chi connectivity index (χ1) is 9.97. The summed E-state index contributed by atoms with van der Waals surface area (Å²) in [4.78, 5) is 23.3. The van der Waals surface area contributed by atoms with E-state index in [1.54, 1.807) is 0 Å². The first-order valence-electron chi connectivity index (χ1n) is 6.53. The van der Waals surface area contributed by atoms with Gasteiger partial charge in [0.05, 0.1) is 17.6 Å². The number of carboxylic acids is 1. The second kappa shape index (κ2) is 6.51. The Morgan fingerprint density at radius 3 is 3.00 bits per heavy atom. The number of likely N-dealkylation sites (N-methyl/N-ethyl adjacent to an activating group) is 1. The number of hydrogen-bond donors (Lipinski definition) is 2. The Balaban J connectivity index is 2.05. The van der Waals surface area contributed by atoms with E-state index in [1.807, 2.05) is 7.05 Å². The number of nitro benzene ring substituents is 1. The van der Waals surface area contributed by atoms with E-state index in [4.69, 9.17) is 9.84 Å². The highest BCUT2D eigenvalue weighted by Gasteiger charge is 2.21. The quantitative estimate of drug-likeness (QED) is 0.617. The molecule has 2 N–H and O–H groups in total. The molecule has 1 heterocycles. The Hall–Kier alpha value is -2.19. The van der Waals surface area contributed by atoms with Crippen molar-refractivity contribution >= 4 is 17.3 Å². The number of aromatic carboxylic acids is 1. The molecule has 0 spiro atoms. The molecular weight excluding hydrogens is 278 g/mol. The van der Waals surface area contributed by atoms with E-state index in [2.05, 4.69) is 10.2 Å². The van der Waals surface area contributed by atoms with Crippen LogP contribution >= 0.6 is 0 Å². The van der Waals surface area contributed by atoms with Crippen LogP contribution in [0.1, 0.15) is 10.4 Å². The number of nitrogens with zero attached hydrogens (tertiary/aromatic N) is 2. The van der Waals surface area contributed by atoms with Crippen LogP contribution in [0.25, 0.3) is 0 Å². The molecule has 1 fully saturated rings. The molecule has 0 radical (unpaired) electrons. The Morgan fingerprint density at radius 2 is 2.38 bits per heavy atom. The second-order valence-electron chi connectivity index (χ2n) is 4.93. The fourth-order valence-corrected chi connectivity index (χ4v) is 2.20. The number of nitro groups is 1. The van der Waals surface area contributed by atoms with Gasteiger partial charge < -0.3 is 20.1 Å². The van der Waals surface area contributed by atoms with E-state index in [0.29, 0.717) is 18.8 Å². The fraction of sp³-hybridized carbons (Fsp3) is 0.462. The van der Waals surface area contributed by atoms with Crippen molar-refractivity contribution in [2.24, 2.45) is 0 Å². The minimum atomic E-state index is -1.32. The lowest BCUT2D eigenvalue weighted by molar-refractivity contribution is -0.385. The Labute approximate surface area is 121 Å². The van der Waals surface area contributed by atoms with Gasteiger partial charge in [-0.1, -0.05) is 0 Å². The van der Waals surface area contributed by atoms with Crippen LogP contribution in [0.3, 0.4) is 0 Å². The molecule has 1 unspecified atom stereocenters. The van der Waals surface area contributed by atoms with Crippen LogP contribution in [0.5, 0.6) is 0 Å². The van der Waals surface area contributed by atoms with Crippen molar-refractivity contribution < 1.29 is 19.6 Å². The number of ether oxygens (including phenoxy) is 1. The zero-order valence-electron chi connectivity index (χ0n) is 11.6. The van der Waals surface area contributed by atoms with Crippen LogP contribution in [0.15, 0.2) is 18.2 Å². The summed E-state index contributed by atoms with van der Waals surface area (Å²) < 4.78 is 5.58. The number of rotatable bonds is 5. The normalized spacial score (nSPS) is 19.2. The first-order valence-corrected chi connectivity index (χ1v) is 6.53. The van der Waals surface area contributed by atoms with Crippen LogP contribution in [0.2, 0.25) is 0 Å². The molecule has 1 atom stereocenters. The summed E-state index contributed by atoms with van der Waals surface area (Å²) in [7, 11) is 2.00. The summed E-state index contributed by atoms with van der Waals surface area (Å²) in [6, 6.07) is 3.96. The van der Waals surface area contributed by atoms with Gasteiger partial charge in [-0.25, -0.2) is 4.79 Å². The molecule has 2 rings (SSSR count). The van der Waals surface area contributed by atoms with Crippen LogP contribution in [0, 0.1) is 10.1 Å². The highest BCUT2D eigenvalue weighted by Crippen LogP contribution is 2.22. The molecule has 0 aliphatic carbocycles. The van der Waals surface area contributed by atoms with Crippen molar-refractivity contribution in [3.8, 4) is 0 Å². The summed E-state index contributed by atoms with van der Waals surface area (Å²) in [5.41, 5.74) is -0.219. The third-order valence-corrected chi connectivity index (χ3v) is 3.30. The average Bonchev–Trinajstić information content (AvgIpc) is 2.44. The van der Waals surface area contributed by atoms with Gasteiger partial charge in [-0.05, 0) is 19.2 Å². The maximum absolute atomic E-state index is 11.1. The highest BCUT2D eigenvalue weighted by molar-refractivity contribution is 5.93. The van der Waals surface area contributed by atoms with Gasteiger partial charge in [0.25, 0.3) is 5.69 Å². The van der Waals surface area contributed by atoms with E-state index in [-0.39, 0.29) is 11.7 Å². The van der Waals surface area contributed by atoms with Gasteiger partial charge in [0, 0.05) is 31.4 Å². The SMILES string of the molecule is CN1CCOC(CNc2ccc([N+](=O)[O-])c(C(=O)O)c2)C1. The van der Waals surface area contributed by atoms with Crippen molar-refractivity contribution in [1.29, 1.82) is 0 Å². The maximum Gasteiger partial charge on any atom is 0.342 e. The third kappa shape index (κ3) is 3.89. The molecule has 1 aliphatic heterocycles. The standard InChI is InChI=1S/C13H17N3O5/c1-15-4-5-21-10(8-15)7-14-9-2-3-12(16(19)20)11(6-9)13(17)18/h2-3,6,10,14H,4-5,7-8H2,1H3,(H,17,18). The van der Waals surface area contributed by atoms with Crippen LogP contribution in [-0.4, -0.2) is 60.3 Å². The number of morpholine rings is 1. The number of carboxylic acid groups (broad SMARTS) is 1. The van der Waals surface area contributed by atoms with Crippen LogP contribution in [0.4, 0.5) is 11.4 Å². The number of carbonyl (C=O) groups is 1. The molecule has 0 saturated carbocycles. The molecule has 0 bridgehead atoms. The van der Waals surface area contributed by atoms with Crippen molar-refractivity contribution in [1.82, 2.24) is 4.90 Å². The zero-order chi connectivity index (χ0) is 15.4. The lowest BCUT2D eigenvalue weighted by Crippen LogP contribution is -2.43. The van der Waals surface area contributed by atoms with Gasteiger partial charge in [0.15, 0.2) is 0 Å². The molecule has 0 aromatic heterocycles. The van der Waals surface area contributed by atoms with Crippen molar-refractivity contribution in [3.05, 3.63) is 33.9 Å². The molecule has 1 saturated heterocycles. The van der Waals surface area contributed by atoms with E-state index >= 15 is 0 Å². The first kappa shape index (κ1) is 15.2. The monoisotopic (exact) mass is 295 g/mol. The van der Waals surface area contributed by atoms with Crippen LogP contribution < -0.4 is 5.32 Å². The Kier molecular flexibility index (Phi) is 4.71. The number of benzene rings is 1. The van der Waals surface area contributed by atoms with Gasteiger partial charge in [-0.2, -0.15) is 0 Å². The number of nitrogens with one attached hydrogen (secondary N) is 1. The highest BCUT2D eigenvalue weighted by atomic mass is 16.6. The third-order valence-electron chi connectivity index (χ3n) is 3.30. The molecule has 21 heavy (non-hydrogen) atoms. The van der Waals surface area contributed by atoms with Gasteiger partial charge in [0.1, 0.15) is 5.56 Å². The lowest BCUT2D eigenvalue weighted by Gasteiger charge is -2.30. The van der Waals surface area contributed by atoms with Crippen molar-refractivity contribution in [2.45, 2.75) is 6.10 Å². The van der Waals surface area contributed by atoms with Gasteiger partial charge >= 0.3 is 5.97 Å². The molecule has 8 heteroatoms. The predicted molar refractivity (Wildman–Crippen MR) is 75.8 cm³/mol. The Bertz CT molecular complexity index is 549. The molecule has 8 nitrogen and oxygen atoms in total.